The molecule has 0 saturated carbocycles. The molecule has 4 atom stereocenters. The minimum absolute atomic E-state index is 0. The summed E-state index contributed by atoms with van der Waals surface area (Å²) in [5, 5.41) is 48.3. The number of hydrogen-bond donors (Lipinski definition) is 4. The van der Waals surface area contributed by atoms with E-state index < -0.39 is 71.2 Å². The van der Waals surface area contributed by atoms with Crippen molar-refractivity contribution in [2.24, 2.45) is 10.8 Å². The van der Waals surface area contributed by atoms with Crippen LogP contribution >= 0.6 is 0 Å². The van der Waals surface area contributed by atoms with E-state index in [0.717, 1.165) is 0 Å². The molecule has 4 N–H and O–H groups in total. The van der Waals surface area contributed by atoms with Gasteiger partial charge in [-0.2, -0.15) is 0 Å². The summed E-state index contributed by atoms with van der Waals surface area (Å²) in [7, 11) is 0. The van der Waals surface area contributed by atoms with Crippen molar-refractivity contribution in [2.45, 2.75) is 78.3 Å². The summed E-state index contributed by atoms with van der Waals surface area (Å²) in [6, 6.07) is -2.18. The summed E-state index contributed by atoms with van der Waals surface area (Å²) < 4.78 is 0. The number of aromatic nitrogens is 2. The van der Waals surface area contributed by atoms with Crippen molar-refractivity contribution in [3.8, 4) is 0 Å². The SMILES string of the molecule is Cc1c2[n-]c(c1CCC(=O)O)/C=c1\[n-]/c(c(C)c1CCC(=O)O)=C\C1[N-]/C(=C\C3[N-]/C(=C\2)C(=O)[C@]3(C)CC(=O)O)C(=O)[C@]1(C)CC(=O)O.[Fe+4]. The fraction of sp³-hybridized carbons (Fsp3) is 0.412. The Hall–Kier alpha value is -4.88. The maximum Gasteiger partial charge on any atom is 4.00 e. The number of aliphatic carboxylic acids is 4. The number of carbonyl (C=O) groups excluding carboxylic acids is 2. The third-order valence-corrected chi connectivity index (χ3v) is 9.53. The second-order valence-corrected chi connectivity index (χ2v) is 12.9. The van der Waals surface area contributed by atoms with Crippen LogP contribution in [-0.4, -0.2) is 68.0 Å². The van der Waals surface area contributed by atoms with Crippen LogP contribution in [0.25, 0.3) is 28.9 Å². The maximum atomic E-state index is 13.9. The largest absolute Gasteiger partial charge is 4.00 e. The van der Waals surface area contributed by atoms with Gasteiger partial charge in [0.1, 0.15) is 11.6 Å². The standard InChI is InChI=1S/C34H36N4O10.Fe/c1-15-17(5-7-27(39)40)21-10-22-18(6-8-28(41)42)16(2)20(36-22)11-25-33(3,13-29(43)44)32(48)24(38-25)12-26-34(4,14-30(45)46)31(47)23(37-26)9-19(15)35-21;/h9-12,25-26H,5-8,13-14H2,1-4H3,(H6,35,36,39,40,41,42,43,44,45,46,47);/q-2;+4/p-2/b20-11-,24-12-;/t25?,26?,33-,34-;/m1./s1. The third-order valence-electron chi connectivity index (χ3n) is 9.53. The second kappa shape index (κ2) is 13.6. The van der Waals surface area contributed by atoms with Gasteiger partial charge in [0.05, 0.1) is 12.8 Å². The van der Waals surface area contributed by atoms with E-state index in [-0.39, 0.29) is 54.1 Å². The van der Waals surface area contributed by atoms with Gasteiger partial charge in [0.25, 0.3) is 0 Å². The van der Waals surface area contributed by atoms with Gasteiger partial charge < -0.3 is 41.0 Å². The minimum Gasteiger partial charge on any atom is -0.675 e. The van der Waals surface area contributed by atoms with Gasteiger partial charge in [-0.3, -0.25) is 28.8 Å². The first-order chi connectivity index (χ1) is 22.4. The number of allylic oxidation sites excluding steroid dienone is 2. The number of nitrogens with zero attached hydrogens (tertiary/aromatic N) is 4. The molecular weight excluding hydrogens is 680 g/mol. The Balaban J connectivity index is 0.00000541. The van der Waals surface area contributed by atoms with Crippen molar-refractivity contribution in [1.82, 2.24) is 9.97 Å². The normalized spacial score (nSPS) is 27.5. The van der Waals surface area contributed by atoms with Gasteiger partial charge in [0.15, 0.2) is 0 Å². The van der Waals surface area contributed by atoms with E-state index in [1.54, 1.807) is 26.0 Å². The van der Waals surface area contributed by atoms with Gasteiger partial charge in [0.2, 0.25) is 0 Å². The number of rotatable bonds is 10. The molecule has 2 aromatic heterocycles. The average molecular weight is 715 g/mol. The zero-order chi connectivity index (χ0) is 35.3. The molecule has 3 aliphatic rings. The molecular formula is C34H34FeN4O10. The fourth-order valence-electron chi connectivity index (χ4n) is 6.67. The van der Waals surface area contributed by atoms with Crippen molar-refractivity contribution in [3.63, 3.8) is 0 Å². The molecule has 2 unspecified atom stereocenters. The van der Waals surface area contributed by atoms with Crippen LogP contribution in [0.3, 0.4) is 0 Å². The van der Waals surface area contributed by atoms with Crippen LogP contribution in [-0.2, 0) is 58.7 Å². The molecule has 49 heavy (non-hydrogen) atoms. The van der Waals surface area contributed by atoms with Crippen LogP contribution in [0.1, 0.15) is 73.2 Å². The Kier molecular flexibility index (Phi) is 10.2. The maximum absolute atomic E-state index is 13.9. The van der Waals surface area contributed by atoms with Crippen LogP contribution in [0.5, 0.6) is 0 Å². The van der Waals surface area contributed by atoms with E-state index in [4.69, 9.17) is 9.97 Å². The Bertz CT molecular complexity index is 1970. The summed E-state index contributed by atoms with van der Waals surface area (Å²) in [6.07, 6.45) is 4.41. The molecule has 258 valence electrons. The van der Waals surface area contributed by atoms with Gasteiger partial charge in [-0.15, -0.1) is 34.2 Å². The molecule has 3 aliphatic heterocycles. The van der Waals surface area contributed by atoms with Gasteiger partial charge in [-0.25, -0.2) is 0 Å². The van der Waals surface area contributed by atoms with Crippen LogP contribution in [0.2, 0.25) is 0 Å². The molecule has 14 nitrogen and oxygen atoms in total. The number of hydrogen-bond acceptors (Lipinski definition) is 6. The number of carboxylic acids is 4. The zero-order valence-electron chi connectivity index (χ0n) is 27.1. The van der Waals surface area contributed by atoms with Crippen molar-refractivity contribution in [2.75, 3.05) is 0 Å². The molecule has 5 heterocycles. The first-order valence-electron chi connectivity index (χ1n) is 15.3. The molecule has 0 radical (unpaired) electrons. The smallest absolute Gasteiger partial charge is 0.675 e. The summed E-state index contributed by atoms with van der Waals surface area (Å²) in [6.45, 7) is 6.34. The van der Waals surface area contributed by atoms with Gasteiger partial charge in [-0.05, 0) is 26.7 Å². The second-order valence-electron chi connectivity index (χ2n) is 12.9. The predicted octanol–water partition coefficient (Wildman–Crippen LogP) is 1.71. The molecule has 0 spiro atoms. The topological polar surface area (TPSA) is 240 Å². The van der Waals surface area contributed by atoms with Gasteiger partial charge in [-0.1, -0.05) is 71.7 Å². The number of fused-ring (bicyclic) bond motifs is 8. The van der Waals surface area contributed by atoms with E-state index in [0.29, 0.717) is 44.3 Å². The Morgan fingerprint density at radius 2 is 1.16 bits per heavy atom. The first kappa shape index (κ1) is 36.9. The summed E-state index contributed by atoms with van der Waals surface area (Å²) in [5.41, 5.74) is -0.481. The van der Waals surface area contributed by atoms with Gasteiger partial charge >= 0.3 is 40.9 Å². The molecule has 2 fully saturated rings. The summed E-state index contributed by atoms with van der Waals surface area (Å²) >= 11 is 0. The van der Waals surface area contributed by atoms with Crippen molar-refractivity contribution >= 4 is 53.7 Å². The van der Waals surface area contributed by atoms with Crippen molar-refractivity contribution in [3.05, 3.63) is 72.4 Å². The summed E-state index contributed by atoms with van der Waals surface area (Å²) in [5.74, 6) is -5.82. The minimum atomic E-state index is -1.61. The van der Waals surface area contributed by atoms with E-state index >= 15 is 0 Å². The van der Waals surface area contributed by atoms with E-state index in [9.17, 15) is 49.2 Å². The predicted molar refractivity (Wildman–Crippen MR) is 169 cm³/mol. The zero-order valence-corrected chi connectivity index (χ0v) is 28.2. The molecule has 0 aliphatic carbocycles. The van der Waals surface area contributed by atoms with Crippen molar-refractivity contribution in [1.29, 1.82) is 0 Å². The first-order valence-corrected chi connectivity index (χ1v) is 15.3. The molecule has 15 heteroatoms. The number of carbonyl (C=O) groups is 6. The molecule has 8 bridgehead atoms. The quantitative estimate of drug-likeness (QED) is 0.257. The Labute approximate surface area is 290 Å². The van der Waals surface area contributed by atoms with Crippen LogP contribution in [0.15, 0.2) is 17.5 Å². The number of Topliss-reactive ketones (excluding diaryl/α,β-unsaturated/α-hetero) is 2. The molecule has 0 aromatic carbocycles. The molecule has 0 amide bonds. The molecule has 5 rings (SSSR count). The average Bonchev–Trinajstić information content (AvgIpc) is 3.58. The third kappa shape index (κ3) is 6.86. The number of ketones is 2. The number of carboxylic acid groups (broad SMARTS) is 4. The monoisotopic (exact) mass is 714 g/mol. The van der Waals surface area contributed by atoms with Crippen molar-refractivity contribution < 1.29 is 66.3 Å². The van der Waals surface area contributed by atoms with Crippen LogP contribution in [0, 0.1) is 24.7 Å². The van der Waals surface area contributed by atoms with Crippen LogP contribution < -0.4 is 20.7 Å². The van der Waals surface area contributed by atoms with E-state index in [1.165, 1.54) is 26.0 Å². The Morgan fingerprint density at radius 3 is 1.71 bits per heavy atom. The molecule has 2 saturated heterocycles. The Morgan fingerprint density at radius 1 is 0.653 bits per heavy atom. The summed E-state index contributed by atoms with van der Waals surface area (Å²) in [4.78, 5) is 84.3. The fourth-order valence-corrected chi connectivity index (χ4v) is 6.67. The van der Waals surface area contributed by atoms with Gasteiger partial charge in [0, 0.05) is 23.7 Å². The molecule has 2 aromatic rings. The van der Waals surface area contributed by atoms with Crippen LogP contribution in [0.4, 0.5) is 0 Å². The van der Waals surface area contributed by atoms with E-state index in [2.05, 4.69) is 10.6 Å². The van der Waals surface area contributed by atoms with E-state index in [1.807, 2.05) is 0 Å².